The first kappa shape index (κ1) is 18.5. The number of thiophene rings is 1. The Balaban J connectivity index is 1.93. The zero-order valence-electron chi connectivity index (χ0n) is 14.8. The first-order chi connectivity index (χ1) is 12.7. The first-order valence-electron chi connectivity index (χ1n) is 8.29. The molecule has 3 aromatic rings. The Hall–Kier alpha value is -2.24. The van der Waals surface area contributed by atoms with Gasteiger partial charge in [0.25, 0.3) is 5.91 Å². The molecule has 0 fully saturated rings. The summed E-state index contributed by atoms with van der Waals surface area (Å²) >= 11 is 3.26. The molecule has 0 radical (unpaired) electrons. The summed E-state index contributed by atoms with van der Waals surface area (Å²) in [5.41, 5.74) is 1.74. The van der Waals surface area contributed by atoms with E-state index in [0.29, 0.717) is 13.1 Å². The number of hydrogen-bond acceptors (Lipinski definition) is 4. The third-order valence-electron chi connectivity index (χ3n) is 4.11. The van der Waals surface area contributed by atoms with Gasteiger partial charge in [-0.1, -0.05) is 36.4 Å². The molecule has 0 spiro atoms. The Morgan fingerprint density at radius 1 is 1.04 bits per heavy atom. The zero-order valence-corrected chi connectivity index (χ0v) is 16.5. The van der Waals surface area contributed by atoms with E-state index in [-0.39, 0.29) is 5.91 Å². The van der Waals surface area contributed by atoms with Gasteiger partial charge in [0.15, 0.2) is 0 Å². The molecular formula is C21H21NO2S2. The molecule has 0 saturated carbocycles. The molecule has 3 rings (SSSR count). The van der Waals surface area contributed by atoms with Gasteiger partial charge in [0, 0.05) is 15.3 Å². The predicted octanol–water partition coefficient (Wildman–Crippen LogP) is 5.32. The maximum absolute atomic E-state index is 13.3. The van der Waals surface area contributed by atoms with Crippen LogP contribution in [0.1, 0.15) is 20.8 Å². The summed E-state index contributed by atoms with van der Waals surface area (Å²) in [6.07, 6.45) is 2.00. The number of methoxy groups -OCH3 is 1. The minimum atomic E-state index is 0.0363. The summed E-state index contributed by atoms with van der Waals surface area (Å²) < 4.78 is 5.47. The molecule has 0 saturated heterocycles. The zero-order chi connectivity index (χ0) is 18.4. The van der Waals surface area contributed by atoms with Gasteiger partial charge in [-0.05, 0) is 35.9 Å². The highest BCUT2D eigenvalue weighted by Gasteiger charge is 2.20. The van der Waals surface area contributed by atoms with Crippen LogP contribution in [0.2, 0.25) is 0 Å². The fourth-order valence-electron chi connectivity index (χ4n) is 2.82. The number of nitrogens with zero attached hydrogens (tertiary/aromatic N) is 1. The Morgan fingerprint density at radius 3 is 2.54 bits per heavy atom. The molecule has 0 bridgehead atoms. The molecule has 1 heterocycles. The van der Waals surface area contributed by atoms with E-state index in [9.17, 15) is 4.79 Å². The van der Waals surface area contributed by atoms with E-state index in [1.54, 1.807) is 30.2 Å². The van der Waals surface area contributed by atoms with Crippen LogP contribution in [0, 0.1) is 0 Å². The van der Waals surface area contributed by atoms with Gasteiger partial charge >= 0.3 is 0 Å². The minimum Gasteiger partial charge on any atom is -0.496 e. The van der Waals surface area contributed by atoms with Crippen molar-refractivity contribution in [3.63, 3.8) is 0 Å². The van der Waals surface area contributed by atoms with E-state index in [2.05, 4.69) is 6.07 Å². The molecule has 0 N–H and O–H groups in total. The Bertz CT molecular complexity index is 862. The molecule has 0 unspecified atom stereocenters. The van der Waals surface area contributed by atoms with Crippen molar-refractivity contribution in [3.05, 3.63) is 82.0 Å². The largest absolute Gasteiger partial charge is 0.496 e. The number of hydrogen-bond donors (Lipinski definition) is 0. The molecule has 1 aromatic heterocycles. The van der Waals surface area contributed by atoms with Crippen molar-refractivity contribution in [1.82, 2.24) is 4.90 Å². The summed E-state index contributed by atoms with van der Waals surface area (Å²) in [6, 6.07) is 19.7. The number of amides is 1. The van der Waals surface area contributed by atoms with Crippen LogP contribution in [-0.2, 0) is 13.1 Å². The molecule has 0 aliphatic rings. The minimum absolute atomic E-state index is 0.0363. The van der Waals surface area contributed by atoms with Gasteiger partial charge in [-0.15, -0.1) is 23.1 Å². The second-order valence-electron chi connectivity index (χ2n) is 5.75. The van der Waals surface area contributed by atoms with Crippen molar-refractivity contribution in [2.75, 3.05) is 13.4 Å². The number of carbonyl (C=O) groups excluding carboxylic acids is 1. The lowest BCUT2D eigenvalue weighted by molar-refractivity contribution is 0.0727. The average Bonchev–Trinajstić information content (AvgIpc) is 3.20. The van der Waals surface area contributed by atoms with Crippen LogP contribution in [0.15, 0.2) is 70.9 Å². The maximum atomic E-state index is 13.3. The van der Waals surface area contributed by atoms with Gasteiger partial charge in [-0.3, -0.25) is 4.79 Å². The lowest BCUT2D eigenvalue weighted by Crippen LogP contribution is -2.30. The average molecular weight is 384 g/mol. The van der Waals surface area contributed by atoms with Crippen molar-refractivity contribution in [3.8, 4) is 5.75 Å². The topological polar surface area (TPSA) is 29.5 Å². The van der Waals surface area contributed by atoms with E-state index in [1.165, 1.54) is 0 Å². The third kappa shape index (κ3) is 4.29. The summed E-state index contributed by atoms with van der Waals surface area (Å²) in [6.45, 7) is 1.08. The quantitative estimate of drug-likeness (QED) is 0.517. The van der Waals surface area contributed by atoms with Gasteiger partial charge in [-0.2, -0.15) is 0 Å². The molecule has 134 valence electrons. The number of ether oxygens (including phenoxy) is 1. The van der Waals surface area contributed by atoms with Gasteiger partial charge in [0.05, 0.1) is 25.8 Å². The standard InChI is InChI=1S/C21H21NO2S2/c1-24-19-11-5-3-8-16(19)14-22(15-17-9-7-13-26-17)21(23)18-10-4-6-12-20(18)25-2/h3-13H,14-15H2,1-2H3. The van der Waals surface area contributed by atoms with Crippen molar-refractivity contribution >= 4 is 29.0 Å². The molecule has 0 aliphatic carbocycles. The Morgan fingerprint density at radius 2 is 1.81 bits per heavy atom. The van der Waals surface area contributed by atoms with Crippen molar-refractivity contribution in [2.24, 2.45) is 0 Å². The SMILES string of the molecule is COc1ccccc1CN(Cc1cccs1)C(=O)c1ccccc1SC. The van der Waals surface area contributed by atoms with Crippen LogP contribution >= 0.6 is 23.1 Å². The van der Waals surface area contributed by atoms with E-state index in [1.807, 2.05) is 71.1 Å². The van der Waals surface area contributed by atoms with Crippen LogP contribution in [0.4, 0.5) is 0 Å². The monoisotopic (exact) mass is 383 g/mol. The molecule has 3 nitrogen and oxygen atoms in total. The van der Waals surface area contributed by atoms with Crippen LogP contribution < -0.4 is 4.74 Å². The highest BCUT2D eigenvalue weighted by atomic mass is 32.2. The summed E-state index contributed by atoms with van der Waals surface area (Å²) in [7, 11) is 1.66. The molecule has 0 aliphatic heterocycles. The summed E-state index contributed by atoms with van der Waals surface area (Å²) in [5.74, 6) is 0.837. The van der Waals surface area contributed by atoms with E-state index >= 15 is 0 Å². The van der Waals surface area contributed by atoms with Crippen LogP contribution in [0.5, 0.6) is 5.75 Å². The highest BCUT2D eigenvalue weighted by Crippen LogP contribution is 2.26. The van der Waals surface area contributed by atoms with E-state index in [4.69, 9.17) is 4.74 Å². The third-order valence-corrected chi connectivity index (χ3v) is 5.76. The molecular weight excluding hydrogens is 362 g/mol. The van der Waals surface area contributed by atoms with Gasteiger partial charge in [0.1, 0.15) is 5.75 Å². The smallest absolute Gasteiger partial charge is 0.255 e. The normalized spacial score (nSPS) is 10.5. The summed E-state index contributed by atoms with van der Waals surface area (Å²) in [5, 5.41) is 2.04. The van der Waals surface area contributed by atoms with Crippen LogP contribution in [-0.4, -0.2) is 24.2 Å². The Labute approximate surface area is 162 Å². The number of para-hydroxylation sites is 1. The maximum Gasteiger partial charge on any atom is 0.255 e. The number of benzene rings is 2. The van der Waals surface area contributed by atoms with E-state index < -0.39 is 0 Å². The number of rotatable bonds is 7. The Kier molecular flexibility index (Phi) is 6.36. The van der Waals surface area contributed by atoms with Gasteiger partial charge in [-0.25, -0.2) is 0 Å². The van der Waals surface area contributed by atoms with Crippen molar-refractivity contribution < 1.29 is 9.53 Å². The number of carbonyl (C=O) groups is 1. The van der Waals surface area contributed by atoms with Crippen LogP contribution in [0.25, 0.3) is 0 Å². The number of thioether (sulfide) groups is 1. The molecule has 5 heteroatoms. The lowest BCUT2D eigenvalue weighted by Gasteiger charge is -2.24. The molecule has 26 heavy (non-hydrogen) atoms. The van der Waals surface area contributed by atoms with Crippen molar-refractivity contribution in [2.45, 2.75) is 18.0 Å². The second-order valence-corrected chi connectivity index (χ2v) is 7.63. The molecule has 1 amide bonds. The van der Waals surface area contributed by atoms with Gasteiger partial charge < -0.3 is 9.64 Å². The van der Waals surface area contributed by atoms with Crippen molar-refractivity contribution in [1.29, 1.82) is 0 Å². The predicted molar refractivity (Wildman–Crippen MR) is 109 cm³/mol. The van der Waals surface area contributed by atoms with Gasteiger partial charge in [0.2, 0.25) is 0 Å². The van der Waals surface area contributed by atoms with E-state index in [0.717, 1.165) is 26.6 Å². The summed E-state index contributed by atoms with van der Waals surface area (Å²) in [4.78, 5) is 17.4. The molecule has 0 atom stereocenters. The van der Waals surface area contributed by atoms with Crippen LogP contribution in [0.3, 0.4) is 0 Å². The molecule has 2 aromatic carbocycles. The first-order valence-corrected chi connectivity index (χ1v) is 10.4. The fraction of sp³-hybridized carbons (Fsp3) is 0.190. The fourth-order valence-corrected chi connectivity index (χ4v) is 4.13. The second kappa shape index (κ2) is 8.92. The lowest BCUT2D eigenvalue weighted by atomic mass is 10.1. The highest BCUT2D eigenvalue weighted by molar-refractivity contribution is 7.98.